The van der Waals surface area contributed by atoms with Crippen LogP contribution in [0.15, 0.2) is 36.4 Å². The minimum Gasteiger partial charge on any atom is -0.491 e. The molecule has 1 unspecified atom stereocenters. The van der Waals surface area contributed by atoms with Gasteiger partial charge in [0.15, 0.2) is 0 Å². The van der Waals surface area contributed by atoms with E-state index < -0.39 is 6.10 Å². The first kappa shape index (κ1) is 25.2. The second kappa shape index (κ2) is 10.5. The predicted octanol–water partition coefficient (Wildman–Crippen LogP) is 5.57. The summed E-state index contributed by atoms with van der Waals surface area (Å²) >= 11 is 0. The van der Waals surface area contributed by atoms with Gasteiger partial charge in [0.2, 0.25) is 0 Å². The standard InChI is InChI=1S/C27H40O4/c1-8-27(9-2,21-10-12-23(19(3)16-21)30-15-14-28)22-11-13-24(20(4)17-22)31-18-25(29)26(5,6)7/h10-13,16-17,25,28-29H,8-9,14-15,18H2,1-7H3. The third-order valence-corrected chi connectivity index (χ3v) is 6.41. The molecule has 0 saturated carbocycles. The van der Waals surface area contributed by atoms with Crippen LogP contribution >= 0.6 is 0 Å². The van der Waals surface area contributed by atoms with Crippen LogP contribution in [0.4, 0.5) is 0 Å². The third-order valence-electron chi connectivity index (χ3n) is 6.41. The zero-order valence-corrected chi connectivity index (χ0v) is 20.3. The van der Waals surface area contributed by atoms with E-state index in [1.54, 1.807) is 0 Å². The molecular weight excluding hydrogens is 388 g/mol. The van der Waals surface area contributed by atoms with E-state index in [-0.39, 0.29) is 24.0 Å². The molecule has 0 aliphatic rings. The fourth-order valence-corrected chi connectivity index (χ4v) is 4.03. The van der Waals surface area contributed by atoms with Gasteiger partial charge in [0.1, 0.15) is 24.7 Å². The highest BCUT2D eigenvalue weighted by Crippen LogP contribution is 2.41. The maximum absolute atomic E-state index is 10.3. The lowest BCUT2D eigenvalue weighted by molar-refractivity contribution is 0.0216. The van der Waals surface area contributed by atoms with E-state index in [9.17, 15) is 5.11 Å². The monoisotopic (exact) mass is 428 g/mol. The van der Waals surface area contributed by atoms with Gasteiger partial charge in [-0.05, 0) is 66.5 Å². The predicted molar refractivity (Wildman–Crippen MR) is 127 cm³/mol. The minimum atomic E-state index is -0.522. The second-order valence-corrected chi connectivity index (χ2v) is 9.51. The van der Waals surface area contributed by atoms with Gasteiger partial charge in [0.25, 0.3) is 0 Å². The lowest BCUT2D eigenvalue weighted by Crippen LogP contribution is -2.32. The van der Waals surface area contributed by atoms with Crippen LogP contribution in [-0.4, -0.2) is 36.1 Å². The van der Waals surface area contributed by atoms with Crippen molar-refractivity contribution in [2.75, 3.05) is 19.8 Å². The number of aliphatic hydroxyl groups is 2. The highest BCUT2D eigenvalue weighted by atomic mass is 16.5. The van der Waals surface area contributed by atoms with E-state index in [1.807, 2.05) is 32.9 Å². The van der Waals surface area contributed by atoms with E-state index in [4.69, 9.17) is 14.6 Å². The highest BCUT2D eigenvalue weighted by Gasteiger charge is 2.31. The van der Waals surface area contributed by atoms with E-state index >= 15 is 0 Å². The van der Waals surface area contributed by atoms with Crippen molar-refractivity contribution in [1.29, 1.82) is 0 Å². The molecule has 0 radical (unpaired) electrons. The molecule has 31 heavy (non-hydrogen) atoms. The lowest BCUT2D eigenvalue weighted by Gasteiger charge is -2.34. The number of hydrogen-bond acceptors (Lipinski definition) is 4. The van der Waals surface area contributed by atoms with Gasteiger partial charge in [-0.3, -0.25) is 0 Å². The Morgan fingerprint density at radius 1 is 0.839 bits per heavy atom. The average Bonchev–Trinajstić information content (AvgIpc) is 2.73. The van der Waals surface area contributed by atoms with Gasteiger partial charge in [0, 0.05) is 5.41 Å². The fraction of sp³-hybridized carbons (Fsp3) is 0.556. The minimum absolute atomic E-state index is 0.00945. The van der Waals surface area contributed by atoms with Gasteiger partial charge in [-0.1, -0.05) is 58.9 Å². The molecule has 2 aromatic carbocycles. The van der Waals surface area contributed by atoms with Crippen molar-refractivity contribution in [1.82, 2.24) is 0 Å². The molecule has 0 aliphatic heterocycles. The molecule has 1 atom stereocenters. The Morgan fingerprint density at radius 2 is 1.32 bits per heavy atom. The number of hydrogen-bond donors (Lipinski definition) is 2. The van der Waals surface area contributed by atoms with Crippen LogP contribution < -0.4 is 9.47 Å². The largest absolute Gasteiger partial charge is 0.491 e. The fourth-order valence-electron chi connectivity index (χ4n) is 4.03. The van der Waals surface area contributed by atoms with E-state index in [0.717, 1.165) is 35.5 Å². The quantitative estimate of drug-likeness (QED) is 0.520. The summed E-state index contributed by atoms with van der Waals surface area (Å²) in [6.07, 6.45) is 1.43. The SMILES string of the molecule is CCC(CC)(c1ccc(OCCO)c(C)c1)c1ccc(OCC(O)C(C)(C)C)c(C)c1. The molecule has 0 bridgehead atoms. The molecule has 0 amide bonds. The van der Waals surface area contributed by atoms with Crippen molar-refractivity contribution in [3.05, 3.63) is 58.7 Å². The Balaban J connectivity index is 2.34. The summed E-state index contributed by atoms with van der Waals surface area (Å²) < 4.78 is 11.6. The number of ether oxygens (including phenoxy) is 2. The molecule has 0 aliphatic carbocycles. The third kappa shape index (κ3) is 5.81. The van der Waals surface area contributed by atoms with Crippen molar-refractivity contribution < 1.29 is 19.7 Å². The first-order chi connectivity index (χ1) is 14.6. The Kier molecular flexibility index (Phi) is 8.56. The van der Waals surface area contributed by atoms with Crippen molar-refractivity contribution in [2.45, 2.75) is 72.8 Å². The van der Waals surface area contributed by atoms with Crippen molar-refractivity contribution >= 4 is 0 Å². The van der Waals surface area contributed by atoms with Crippen molar-refractivity contribution in [2.24, 2.45) is 5.41 Å². The molecule has 0 heterocycles. The van der Waals surface area contributed by atoms with Gasteiger partial charge >= 0.3 is 0 Å². The van der Waals surface area contributed by atoms with Crippen LogP contribution in [0.1, 0.15) is 69.7 Å². The molecule has 2 N–H and O–H groups in total. The average molecular weight is 429 g/mol. The maximum atomic E-state index is 10.3. The molecule has 0 saturated heterocycles. The number of rotatable bonds is 10. The highest BCUT2D eigenvalue weighted by molar-refractivity contribution is 5.48. The summed E-state index contributed by atoms with van der Waals surface area (Å²) in [5.74, 6) is 1.63. The lowest BCUT2D eigenvalue weighted by atomic mass is 9.70. The molecule has 2 rings (SSSR count). The maximum Gasteiger partial charge on any atom is 0.122 e. The molecule has 4 nitrogen and oxygen atoms in total. The smallest absolute Gasteiger partial charge is 0.122 e. The summed E-state index contributed by atoms with van der Waals surface area (Å²) in [5, 5.41) is 19.3. The Hall–Kier alpha value is -2.04. The Bertz CT molecular complexity index is 847. The van der Waals surface area contributed by atoms with Gasteiger partial charge in [0.05, 0.1) is 12.7 Å². The Morgan fingerprint density at radius 3 is 1.71 bits per heavy atom. The summed E-state index contributed by atoms with van der Waals surface area (Å²) in [5.41, 5.74) is 4.37. The molecule has 0 fully saturated rings. The topological polar surface area (TPSA) is 58.9 Å². The summed E-state index contributed by atoms with van der Waals surface area (Å²) in [6, 6.07) is 12.8. The second-order valence-electron chi connectivity index (χ2n) is 9.51. The number of aryl methyl sites for hydroxylation is 2. The van der Waals surface area contributed by atoms with E-state index in [0.29, 0.717) is 6.61 Å². The molecule has 172 valence electrons. The molecule has 0 spiro atoms. The van der Waals surface area contributed by atoms with Crippen molar-refractivity contribution in [3.8, 4) is 11.5 Å². The van der Waals surface area contributed by atoms with Crippen LogP contribution in [0.2, 0.25) is 0 Å². The van der Waals surface area contributed by atoms with Crippen LogP contribution in [0.5, 0.6) is 11.5 Å². The molecular formula is C27H40O4. The molecule has 0 aromatic heterocycles. The number of benzene rings is 2. The van der Waals surface area contributed by atoms with Crippen LogP contribution in [-0.2, 0) is 5.41 Å². The first-order valence-corrected chi connectivity index (χ1v) is 11.4. The van der Waals surface area contributed by atoms with Crippen LogP contribution in [0.3, 0.4) is 0 Å². The molecule has 2 aromatic rings. The zero-order valence-electron chi connectivity index (χ0n) is 20.3. The van der Waals surface area contributed by atoms with Gasteiger partial charge in [-0.15, -0.1) is 0 Å². The van der Waals surface area contributed by atoms with Crippen molar-refractivity contribution in [3.63, 3.8) is 0 Å². The van der Waals surface area contributed by atoms with Crippen LogP contribution in [0, 0.1) is 19.3 Å². The number of aliphatic hydroxyl groups excluding tert-OH is 2. The first-order valence-electron chi connectivity index (χ1n) is 11.4. The van der Waals surface area contributed by atoms with E-state index in [1.165, 1.54) is 11.1 Å². The van der Waals surface area contributed by atoms with Gasteiger partial charge < -0.3 is 19.7 Å². The summed E-state index contributed by atoms with van der Waals surface area (Å²) in [7, 11) is 0. The van der Waals surface area contributed by atoms with Crippen LogP contribution in [0.25, 0.3) is 0 Å². The van der Waals surface area contributed by atoms with Gasteiger partial charge in [-0.25, -0.2) is 0 Å². The van der Waals surface area contributed by atoms with Gasteiger partial charge in [-0.2, -0.15) is 0 Å². The summed E-state index contributed by atoms with van der Waals surface area (Å²) in [6.45, 7) is 15.2. The Labute approximate surface area is 188 Å². The zero-order chi connectivity index (χ0) is 23.2. The normalized spacial score (nSPS) is 13.2. The molecule has 4 heteroatoms. The summed E-state index contributed by atoms with van der Waals surface area (Å²) in [4.78, 5) is 0. The van der Waals surface area contributed by atoms with E-state index in [2.05, 4.69) is 52.0 Å².